The Bertz CT molecular complexity index is 835. The first-order chi connectivity index (χ1) is 11.1. The quantitative estimate of drug-likeness (QED) is 0.671. The normalized spacial score (nSPS) is 11.0. The lowest BCUT2D eigenvalue weighted by Gasteiger charge is -2.08. The van der Waals surface area contributed by atoms with Crippen LogP contribution in [-0.4, -0.2) is 22.0 Å². The van der Waals surface area contributed by atoms with E-state index in [9.17, 15) is 0 Å². The monoisotopic (exact) mass is 309 g/mol. The van der Waals surface area contributed by atoms with Crippen LogP contribution in [0.3, 0.4) is 0 Å². The van der Waals surface area contributed by atoms with Gasteiger partial charge in [-0.2, -0.15) is 4.98 Å². The van der Waals surface area contributed by atoms with Crippen LogP contribution in [0.25, 0.3) is 10.9 Å². The molecule has 2 aromatic heterocycles. The SMILES string of the molecule is CCc1[nH]c2ccc(CNc3nc(C)cc(NC)n3)cc2c1C. The average molecular weight is 309 g/mol. The van der Waals surface area contributed by atoms with E-state index in [1.807, 2.05) is 20.0 Å². The van der Waals surface area contributed by atoms with E-state index in [0.717, 1.165) is 17.9 Å². The van der Waals surface area contributed by atoms with Gasteiger partial charge in [-0.25, -0.2) is 4.98 Å². The first kappa shape index (κ1) is 15.3. The highest BCUT2D eigenvalue weighted by molar-refractivity contribution is 5.85. The van der Waals surface area contributed by atoms with Crippen molar-refractivity contribution in [3.63, 3.8) is 0 Å². The van der Waals surface area contributed by atoms with E-state index in [0.29, 0.717) is 12.5 Å². The molecule has 0 radical (unpaired) electrons. The van der Waals surface area contributed by atoms with Crippen LogP contribution in [0.4, 0.5) is 11.8 Å². The number of anilines is 2. The van der Waals surface area contributed by atoms with E-state index in [2.05, 4.69) is 57.6 Å². The van der Waals surface area contributed by atoms with Crippen molar-refractivity contribution in [2.45, 2.75) is 33.7 Å². The Balaban J connectivity index is 1.82. The van der Waals surface area contributed by atoms with Crippen LogP contribution in [0.15, 0.2) is 24.3 Å². The van der Waals surface area contributed by atoms with Crippen LogP contribution in [0.5, 0.6) is 0 Å². The summed E-state index contributed by atoms with van der Waals surface area (Å²) >= 11 is 0. The Hall–Kier alpha value is -2.56. The maximum Gasteiger partial charge on any atom is 0.225 e. The first-order valence-corrected chi connectivity index (χ1v) is 7.98. The number of aryl methyl sites for hydroxylation is 3. The van der Waals surface area contributed by atoms with Gasteiger partial charge in [-0.1, -0.05) is 13.0 Å². The summed E-state index contributed by atoms with van der Waals surface area (Å²) in [6.07, 6.45) is 1.03. The van der Waals surface area contributed by atoms with Gasteiger partial charge < -0.3 is 15.6 Å². The Morgan fingerprint density at radius 2 is 1.96 bits per heavy atom. The number of nitrogens with one attached hydrogen (secondary N) is 3. The highest BCUT2D eigenvalue weighted by atomic mass is 15.1. The van der Waals surface area contributed by atoms with E-state index in [1.165, 1.54) is 27.7 Å². The van der Waals surface area contributed by atoms with Crippen LogP contribution in [-0.2, 0) is 13.0 Å². The number of hydrogen-bond donors (Lipinski definition) is 3. The summed E-state index contributed by atoms with van der Waals surface area (Å²) in [5.74, 6) is 1.47. The molecule has 5 heteroatoms. The lowest BCUT2D eigenvalue weighted by molar-refractivity contribution is 1.03. The van der Waals surface area contributed by atoms with Crippen LogP contribution in [0.2, 0.25) is 0 Å². The third kappa shape index (κ3) is 3.13. The molecule has 0 saturated carbocycles. The number of nitrogens with zero attached hydrogens (tertiary/aromatic N) is 2. The van der Waals surface area contributed by atoms with Crippen molar-refractivity contribution in [3.05, 3.63) is 46.8 Å². The predicted molar refractivity (Wildman–Crippen MR) is 96.1 cm³/mol. The largest absolute Gasteiger partial charge is 0.373 e. The van der Waals surface area contributed by atoms with Gasteiger partial charge in [0, 0.05) is 41.9 Å². The van der Waals surface area contributed by atoms with E-state index < -0.39 is 0 Å². The first-order valence-electron chi connectivity index (χ1n) is 7.98. The standard InChI is InChI=1S/C18H23N5/c1-5-15-12(3)14-9-13(6-7-16(14)22-15)10-20-18-21-11(2)8-17(19-4)23-18/h6-9,22H,5,10H2,1-4H3,(H2,19,20,21,23). The van der Waals surface area contributed by atoms with E-state index in [-0.39, 0.29) is 0 Å². The Labute approximate surface area is 136 Å². The molecule has 0 unspecified atom stereocenters. The summed E-state index contributed by atoms with van der Waals surface area (Å²) in [5.41, 5.74) is 6.02. The molecule has 23 heavy (non-hydrogen) atoms. The number of rotatable bonds is 5. The number of aromatic amines is 1. The molecule has 0 aliphatic carbocycles. The van der Waals surface area contributed by atoms with Gasteiger partial charge in [0.15, 0.2) is 0 Å². The number of benzene rings is 1. The smallest absolute Gasteiger partial charge is 0.225 e. The molecular formula is C18H23N5. The van der Waals surface area contributed by atoms with Crippen molar-refractivity contribution in [2.75, 3.05) is 17.7 Å². The molecule has 0 aliphatic heterocycles. The number of fused-ring (bicyclic) bond motifs is 1. The van der Waals surface area contributed by atoms with Gasteiger partial charge in [-0.15, -0.1) is 0 Å². The minimum atomic E-state index is 0.648. The lowest BCUT2D eigenvalue weighted by Crippen LogP contribution is -2.06. The molecule has 120 valence electrons. The fourth-order valence-corrected chi connectivity index (χ4v) is 2.85. The molecule has 0 aliphatic rings. The van der Waals surface area contributed by atoms with Crippen LogP contribution >= 0.6 is 0 Å². The number of H-pyrrole nitrogens is 1. The fourth-order valence-electron chi connectivity index (χ4n) is 2.85. The molecule has 0 saturated heterocycles. The van der Waals surface area contributed by atoms with Crippen molar-refractivity contribution >= 4 is 22.7 Å². The highest BCUT2D eigenvalue weighted by Crippen LogP contribution is 2.23. The van der Waals surface area contributed by atoms with Crippen molar-refractivity contribution in [1.29, 1.82) is 0 Å². The second-order valence-corrected chi connectivity index (χ2v) is 5.78. The predicted octanol–water partition coefficient (Wildman–Crippen LogP) is 3.79. The van der Waals surface area contributed by atoms with Gasteiger partial charge in [0.05, 0.1) is 0 Å². The van der Waals surface area contributed by atoms with Crippen LogP contribution < -0.4 is 10.6 Å². The molecule has 0 spiro atoms. The number of aromatic nitrogens is 3. The van der Waals surface area contributed by atoms with Crippen molar-refractivity contribution in [3.8, 4) is 0 Å². The summed E-state index contributed by atoms with van der Waals surface area (Å²) < 4.78 is 0. The van der Waals surface area contributed by atoms with E-state index in [4.69, 9.17) is 0 Å². The second-order valence-electron chi connectivity index (χ2n) is 5.78. The molecular weight excluding hydrogens is 286 g/mol. The minimum absolute atomic E-state index is 0.648. The zero-order valence-electron chi connectivity index (χ0n) is 14.1. The summed E-state index contributed by atoms with van der Waals surface area (Å²) in [5, 5.41) is 7.65. The van der Waals surface area contributed by atoms with Gasteiger partial charge in [-0.3, -0.25) is 0 Å². The Morgan fingerprint density at radius 3 is 2.70 bits per heavy atom. The molecule has 2 heterocycles. The van der Waals surface area contributed by atoms with Gasteiger partial charge in [0.2, 0.25) is 5.95 Å². The topological polar surface area (TPSA) is 65.6 Å². The van der Waals surface area contributed by atoms with E-state index in [1.54, 1.807) is 0 Å². The maximum absolute atomic E-state index is 4.43. The Kier molecular flexibility index (Phi) is 4.19. The van der Waals surface area contributed by atoms with Crippen LogP contribution in [0.1, 0.15) is 29.4 Å². The molecule has 3 rings (SSSR count). The summed E-state index contributed by atoms with van der Waals surface area (Å²) in [7, 11) is 1.86. The zero-order valence-corrected chi connectivity index (χ0v) is 14.1. The molecule has 5 nitrogen and oxygen atoms in total. The van der Waals surface area contributed by atoms with Gasteiger partial charge in [-0.05, 0) is 43.5 Å². The van der Waals surface area contributed by atoms with Crippen molar-refractivity contribution in [2.24, 2.45) is 0 Å². The molecule has 3 aromatic rings. The molecule has 0 fully saturated rings. The summed E-state index contributed by atoms with van der Waals surface area (Å²) in [6.45, 7) is 7.02. The molecule has 1 aromatic carbocycles. The molecule has 0 bridgehead atoms. The molecule has 0 atom stereocenters. The Morgan fingerprint density at radius 1 is 1.13 bits per heavy atom. The van der Waals surface area contributed by atoms with Gasteiger partial charge in [0.1, 0.15) is 5.82 Å². The second kappa shape index (κ2) is 6.28. The zero-order chi connectivity index (χ0) is 16.4. The minimum Gasteiger partial charge on any atom is -0.373 e. The highest BCUT2D eigenvalue weighted by Gasteiger charge is 2.07. The number of hydrogen-bond acceptors (Lipinski definition) is 4. The molecule has 3 N–H and O–H groups in total. The van der Waals surface area contributed by atoms with Crippen LogP contribution in [0, 0.1) is 13.8 Å². The van der Waals surface area contributed by atoms with Crippen molar-refractivity contribution < 1.29 is 0 Å². The maximum atomic E-state index is 4.43. The van der Waals surface area contributed by atoms with Gasteiger partial charge in [0.25, 0.3) is 0 Å². The fraction of sp³-hybridized carbons (Fsp3) is 0.333. The summed E-state index contributed by atoms with van der Waals surface area (Å²) in [4.78, 5) is 12.3. The lowest BCUT2D eigenvalue weighted by atomic mass is 10.1. The van der Waals surface area contributed by atoms with Crippen molar-refractivity contribution in [1.82, 2.24) is 15.0 Å². The summed E-state index contributed by atoms with van der Waals surface area (Å²) in [6, 6.07) is 8.45. The third-order valence-corrected chi connectivity index (χ3v) is 4.14. The van der Waals surface area contributed by atoms with Gasteiger partial charge >= 0.3 is 0 Å². The molecule has 0 amide bonds. The van der Waals surface area contributed by atoms with E-state index >= 15 is 0 Å². The third-order valence-electron chi connectivity index (χ3n) is 4.14. The average Bonchev–Trinajstić information content (AvgIpc) is 2.88.